The number of hydrogen-bond donors (Lipinski definition) is 1. The van der Waals surface area contributed by atoms with Crippen LogP contribution < -0.4 is 14.4 Å². The van der Waals surface area contributed by atoms with Crippen molar-refractivity contribution < 1.29 is 22.7 Å². The van der Waals surface area contributed by atoms with E-state index in [0.717, 1.165) is 21.0 Å². The standard InChI is InChI=1S/C31H39N3O5S/c1-22(2)19-32-31(36)25(5)33(20-26-14-10-23(3)11-15-26)30(35)21-34(27-8-7-9-28(18-27)39-6)40(37,38)29-16-12-24(4)13-17-29/h7-18,22,25H,19-21H2,1-6H3,(H,32,36). The Kier molecular flexibility index (Phi) is 10.3. The van der Waals surface area contributed by atoms with Crippen LogP contribution >= 0.6 is 0 Å². The van der Waals surface area contributed by atoms with Crippen LogP contribution in [0.2, 0.25) is 0 Å². The zero-order valence-corrected chi connectivity index (χ0v) is 24.9. The lowest BCUT2D eigenvalue weighted by atomic mass is 10.1. The highest BCUT2D eigenvalue weighted by atomic mass is 32.2. The second-order valence-corrected chi connectivity index (χ2v) is 12.2. The third-order valence-corrected chi connectivity index (χ3v) is 8.34. The fourth-order valence-corrected chi connectivity index (χ4v) is 5.46. The fraction of sp³-hybridized carbons (Fsp3) is 0.355. The van der Waals surface area contributed by atoms with E-state index in [0.29, 0.717) is 12.3 Å². The summed E-state index contributed by atoms with van der Waals surface area (Å²) in [5, 5.41) is 2.89. The highest BCUT2D eigenvalue weighted by Gasteiger charge is 2.32. The first-order valence-corrected chi connectivity index (χ1v) is 14.7. The van der Waals surface area contributed by atoms with Crippen molar-refractivity contribution in [3.63, 3.8) is 0 Å². The van der Waals surface area contributed by atoms with Crippen LogP contribution in [-0.4, -0.2) is 51.4 Å². The number of amides is 2. The molecule has 0 radical (unpaired) electrons. The molecule has 3 rings (SSSR count). The molecule has 1 N–H and O–H groups in total. The SMILES string of the molecule is COc1cccc(N(CC(=O)N(Cc2ccc(C)cc2)C(C)C(=O)NCC(C)C)S(=O)(=O)c2ccc(C)cc2)c1. The fourth-order valence-electron chi connectivity index (χ4n) is 4.06. The molecule has 3 aromatic rings. The Bertz CT molecular complexity index is 1400. The second-order valence-electron chi connectivity index (χ2n) is 10.3. The Morgan fingerprint density at radius 2 is 1.50 bits per heavy atom. The van der Waals surface area contributed by atoms with E-state index in [9.17, 15) is 18.0 Å². The van der Waals surface area contributed by atoms with E-state index in [1.54, 1.807) is 43.3 Å². The molecular weight excluding hydrogens is 526 g/mol. The highest BCUT2D eigenvalue weighted by molar-refractivity contribution is 7.92. The maximum Gasteiger partial charge on any atom is 0.264 e. The first-order valence-electron chi connectivity index (χ1n) is 13.3. The summed E-state index contributed by atoms with van der Waals surface area (Å²) in [6.07, 6.45) is 0. The maximum atomic E-state index is 14.0. The van der Waals surface area contributed by atoms with Gasteiger partial charge in [-0.05, 0) is 56.5 Å². The summed E-state index contributed by atoms with van der Waals surface area (Å²) in [5.74, 6) is -0.123. The molecule has 0 aliphatic rings. The molecule has 1 unspecified atom stereocenters. The van der Waals surface area contributed by atoms with E-state index in [1.807, 2.05) is 52.0 Å². The first kappa shape index (κ1) is 30.7. The predicted molar refractivity (Wildman–Crippen MR) is 158 cm³/mol. The van der Waals surface area contributed by atoms with Crippen molar-refractivity contribution in [2.45, 2.75) is 52.1 Å². The number of carbonyl (C=O) groups excluding carboxylic acids is 2. The number of nitrogens with one attached hydrogen (secondary N) is 1. The van der Waals surface area contributed by atoms with E-state index in [2.05, 4.69) is 5.32 Å². The summed E-state index contributed by atoms with van der Waals surface area (Å²) < 4.78 is 34.2. The molecular formula is C31H39N3O5S. The summed E-state index contributed by atoms with van der Waals surface area (Å²) >= 11 is 0. The quantitative estimate of drug-likeness (QED) is 0.344. The largest absolute Gasteiger partial charge is 0.497 e. The lowest BCUT2D eigenvalue weighted by molar-refractivity contribution is -0.139. The molecule has 0 heterocycles. The van der Waals surface area contributed by atoms with Gasteiger partial charge in [0, 0.05) is 19.2 Å². The van der Waals surface area contributed by atoms with Gasteiger partial charge in [-0.25, -0.2) is 8.42 Å². The van der Waals surface area contributed by atoms with Gasteiger partial charge in [0.05, 0.1) is 17.7 Å². The molecule has 9 heteroatoms. The minimum atomic E-state index is -4.14. The number of methoxy groups -OCH3 is 1. The molecule has 1 atom stereocenters. The number of nitrogens with zero attached hydrogens (tertiary/aromatic N) is 2. The summed E-state index contributed by atoms with van der Waals surface area (Å²) in [6, 6.07) is 19.9. The van der Waals surface area contributed by atoms with Crippen LogP contribution in [0, 0.1) is 19.8 Å². The lowest BCUT2D eigenvalue weighted by Gasteiger charge is -2.32. The van der Waals surface area contributed by atoms with Crippen LogP contribution in [0.4, 0.5) is 5.69 Å². The Morgan fingerprint density at radius 3 is 2.08 bits per heavy atom. The Hall–Kier alpha value is -3.85. The number of sulfonamides is 1. The molecule has 8 nitrogen and oxygen atoms in total. The summed E-state index contributed by atoms with van der Waals surface area (Å²) in [5.41, 5.74) is 3.09. The second kappa shape index (κ2) is 13.5. The zero-order chi connectivity index (χ0) is 29.4. The van der Waals surface area contributed by atoms with Gasteiger partial charge in [0.15, 0.2) is 0 Å². The summed E-state index contributed by atoms with van der Waals surface area (Å²) in [6.45, 7) is 9.58. The molecule has 0 saturated carbocycles. The Balaban J connectivity index is 2.02. The van der Waals surface area contributed by atoms with E-state index in [-0.39, 0.29) is 29.0 Å². The number of ether oxygens (including phenoxy) is 1. The molecule has 0 aliphatic carbocycles. The Labute approximate surface area is 238 Å². The van der Waals surface area contributed by atoms with Gasteiger partial charge in [0.2, 0.25) is 11.8 Å². The maximum absolute atomic E-state index is 14.0. The number of hydrogen-bond acceptors (Lipinski definition) is 5. The van der Waals surface area contributed by atoms with Crippen LogP contribution in [0.3, 0.4) is 0 Å². The van der Waals surface area contributed by atoms with E-state index in [4.69, 9.17) is 4.74 Å². The lowest BCUT2D eigenvalue weighted by Crippen LogP contribution is -2.51. The number of rotatable bonds is 12. The van der Waals surface area contributed by atoms with Gasteiger partial charge in [-0.3, -0.25) is 13.9 Å². The number of anilines is 1. The van der Waals surface area contributed by atoms with Crippen LogP contribution in [0.1, 0.15) is 37.5 Å². The number of carbonyl (C=O) groups is 2. The zero-order valence-electron chi connectivity index (χ0n) is 24.0. The number of aryl methyl sites for hydroxylation is 2. The van der Waals surface area contributed by atoms with Gasteiger partial charge < -0.3 is 15.0 Å². The molecule has 0 bridgehead atoms. The van der Waals surface area contributed by atoms with Crippen molar-refractivity contribution in [2.24, 2.45) is 5.92 Å². The van der Waals surface area contributed by atoms with Gasteiger partial charge >= 0.3 is 0 Å². The average Bonchev–Trinajstić information content (AvgIpc) is 2.93. The van der Waals surface area contributed by atoms with Gasteiger partial charge in [0.25, 0.3) is 10.0 Å². The van der Waals surface area contributed by atoms with Crippen molar-refractivity contribution in [3.05, 3.63) is 89.5 Å². The van der Waals surface area contributed by atoms with Gasteiger partial charge in [0.1, 0.15) is 18.3 Å². The molecule has 0 fully saturated rings. The molecule has 0 saturated heterocycles. The average molecular weight is 566 g/mol. The topological polar surface area (TPSA) is 96.0 Å². The van der Waals surface area contributed by atoms with Crippen LogP contribution in [-0.2, 0) is 26.2 Å². The molecule has 0 aromatic heterocycles. The van der Waals surface area contributed by atoms with Crippen molar-refractivity contribution >= 4 is 27.5 Å². The van der Waals surface area contributed by atoms with Crippen LogP contribution in [0.15, 0.2) is 77.7 Å². The van der Waals surface area contributed by atoms with Gasteiger partial charge in [-0.15, -0.1) is 0 Å². The predicted octanol–water partition coefficient (Wildman–Crippen LogP) is 4.70. The molecule has 0 spiro atoms. The van der Waals surface area contributed by atoms with E-state index in [1.165, 1.54) is 24.1 Å². The summed E-state index contributed by atoms with van der Waals surface area (Å²) in [4.78, 5) is 28.5. The smallest absolute Gasteiger partial charge is 0.264 e. The molecule has 0 aliphatic heterocycles. The first-order chi connectivity index (χ1) is 18.9. The van der Waals surface area contributed by atoms with Crippen molar-refractivity contribution in [2.75, 3.05) is 24.5 Å². The Morgan fingerprint density at radius 1 is 0.900 bits per heavy atom. The monoisotopic (exact) mass is 565 g/mol. The van der Waals surface area contributed by atoms with Crippen LogP contribution in [0.5, 0.6) is 5.75 Å². The van der Waals surface area contributed by atoms with Crippen molar-refractivity contribution in [1.82, 2.24) is 10.2 Å². The molecule has 214 valence electrons. The normalized spacial score (nSPS) is 12.1. The minimum absolute atomic E-state index is 0.0570. The minimum Gasteiger partial charge on any atom is -0.497 e. The molecule has 40 heavy (non-hydrogen) atoms. The van der Waals surface area contributed by atoms with Crippen molar-refractivity contribution in [1.29, 1.82) is 0 Å². The van der Waals surface area contributed by atoms with Crippen molar-refractivity contribution in [3.8, 4) is 5.75 Å². The summed E-state index contributed by atoms with van der Waals surface area (Å²) in [7, 11) is -2.65. The third-order valence-electron chi connectivity index (χ3n) is 6.55. The van der Waals surface area contributed by atoms with Crippen LogP contribution in [0.25, 0.3) is 0 Å². The highest BCUT2D eigenvalue weighted by Crippen LogP contribution is 2.28. The van der Waals surface area contributed by atoms with E-state index < -0.39 is 28.5 Å². The van der Waals surface area contributed by atoms with Gasteiger partial charge in [-0.1, -0.05) is 67.4 Å². The molecule has 2 amide bonds. The van der Waals surface area contributed by atoms with E-state index >= 15 is 0 Å². The third kappa shape index (κ3) is 7.85. The number of benzene rings is 3. The molecule has 3 aromatic carbocycles. The van der Waals surface area contributed by atoms with Gasteiger partial charge in [-0.2, -0.15) is 0 Å².